The van der Waals surface area contributed by atoms with Gasteiger partial charge in [0.2, 0.25) is 0 Å². The number of benzene rings is 2. The molecule has 0 saturated carbocycles. The summed E-state index contributed by atoms with van der Waals surface area (Å²) in [5.74, 6) is -0.191. The summed E-state index contributed by atoms with van der Waals surface area (Å²) in [6, 6.07) is 13.1. The van der Waals surface area contributed by atoms with Crippen molar-refractivity contribution in [2.45, 2.75) is 25.3 Å². The summed E-state index contributed by atoms with van der Waals surface area (Å²) in [4.78, 5) is 22.8. The van der Waals surface area contributed by atoms with E-state index in [1.807, 2.05) is 30.3 Å². The van der Waals surface area contributed by atoms with Crippen molar-refractivity contribution in [2.75, 3.05) is 5.32 Å². The fraction of sp³-hybridized carbons (Fsp3) is 0.238. The predicted octanol–water partition coefficient (Wildman–Crippen LogP) is 4.41. The third kappa shape index (κ3) is 2.64. The molecule has 0 amide bonds. The van der Waals surface area contributed by atoms with Crippen molar-refractivity contribution in [3.8, 4) is 0 Å². The molecule has 2 aromatic carbocycles. The van der Waals surface area contributed by atoms with Gasteiger partial charge in [0, 0.05) is 17.2 Å². The fourth-order valence-electron chi connectivity index (χ4n) is 3.98. The lowest BCUT2D eigenvalue weighted by molar-refractivity contribution is 0.0696. The maximum Gasteiger partial charge on any atom is 0.335 e. The second-order valence-electron chi connectivity index (χ2n) is 6.76. The topological polar surface area (TPSA) is 66.4 Å². The van der Waals surface area contributed by atoms with Gasteiger partial charge in [-0.3, -0.25) is 4.79 Å². The van der Waals surface area contributed by atoms with E-state index in [0.29, 0.717) is 11.5 Å². The van der Waals surface area contributed by atoms with E-state index in [1.165, 1.54) is 5.56 Å². The van der Waals surface area contributed by atoms with Crippen LogP contribution in [0.3, 0.4) is 0 Å². The van der Waals surface area contributed by atoms with Gasteiger partial charge >= 0.3 is 5.97 Å². The van der Waals surface area contributed by atoms with Gasteiger partial charge in [0.15, 0.2) is 5.78 Å². The Bertz CT molecular complexity index is 883. The third-order valence-electron chi connectivity index (χ3n) is 5.29. The Morgan fingerprint density at radius 1 is 1.08 bits per heavy atom. The zero-order valence-electron chi connectivity index (χ0n) is 13.9. The van der Waals surface area contributed by atoms with Gasteiger partial charge in [0.25, 0.3) is 0 Å². The van der Waals surface area contributed by atoms with Gasteiger partial charge in [0.05, 0.1) is 11.6 Å². The van der Waals surface area contributed by atoms with E-state index in [-0.39, 0.29) is 17.7 Å². The molecule has 0 saturated heterocycles. The number of carboxylic acids is 1. The molecule has 1 aliphatic heterocycles. The van der Waals surface area contributed by atoms with Gasteiger partial charge in [-0.1, -0.05) is 24.3 Å². The Hall–Kier alpha value is -2.88. The quantitative estimate of drug-likeness (QED) is 0.645. The summed E-state index contributed by atoms with van der Waals surface area (Å²) < 4.78 is 0. The van der Waals surface area contributed by atoms with Gasteiger partial charge in [0.1, 0.15) is 0 Å². The van der Waals surface area contributed by atoms with Gasteiger partial charge in [-0.2, -0.15) is 0 Å². The van der Waals surface area contributed by atoms with Crippen LogP contribution in [0.2, 0.25) is 0 Å². The smallest absolute Gasteiger partial charge is 0.335 e. The largest absolute Gasteiger partial charge is 0.478 e. The summed E-state index contributed by atoms with van der Waals surface area (Å²) in [5, 5.41) is 12.7. The number of Topliss-reactive ketones (excluding diaryl/α,β-unsaturated/α-hetero) is 1. The van der Waals surface area contributed by atoms with Crippen molar-refractivity contribution in [3.05, 3.63) is 76.9 Å². The number of nitrogens with one attached hydrogen (secondary N) is 1. The van der Waals surface area contributed by atoms with Crippen molar-refractivity contribution >= 4 is 17.4 Å². The van der Waals surface area contributed by atoms with Crippen LogP contribution in [0.15, 0.2) is 54.6 Å². The van der Waals surface area contributed by atoms with Crippen LogP contribution in [0.25, 0.3) is 0 Å². The maximum atomic E-state index is 11.7. The molecular weight excluding hydrogens is 314 g/mol. The van der Waals surface area contributed by atoms with Crippen LogP contribution in [-0.2, 0) is 0 Å². The molecule has 25 heavy (non-hydrogen) atoms. The number of ketones is 1. The zero-order valence-corrected chi connectivity index (χ0v) is 13.9. The lowest BCUT2D eigenvalue weighted by Crippen LogP contribution is -2.29. The number of hydrogen-bond donors (Lipinski definition) is 2. The molecule has 4 heteroatoms. The SMILES string of the molecule is CC(=O)c1ccc2c(c1)[C@@H]1C=CC[C@H]1[C@@H](c1ccc(C(=O)O)cc1)N2. The molecule has 4 nitrogen and oxygen atoms in total. The maximum absolute atomic E-state index is 11.7. The summed E-state index contributed by atoms with van der Waals surface area (Å²) in [7, 11) is 0. The molecule has 4 rings (SSSR count). The van der Waals surface area contributed by atoms with Crippen LogP contribution >= 0.6 is 0 Å². The number of anilines is 1. The van der Waals surface area contributed by atoms with E-state index in [9.17, 15) is 9.59 Å². The van der Waals surface area contributed by atoms with Gasteiger partial charge in [-0.15, -0.1) is 0 Å². The molecule has 1 aliphatic carbocycles. The van der Waals surface area contributed by atoms with Gasteiger partial charge in [-0.25, -0.2) is 4.79 Å². The minimum Gasteiger partial charge on any atom is -0.478 e. The van der Waals surface area contributed by atoms with Gasteiger partial charge in [-0.05, 0) is 60.7 Å². The molecule has 3 atom stereocenters. The van der Waals surface area contributed by atoms with Crippen LogP contribution in [0, 0.1) is 5.92 Å². The van der Waals surface area contributed by atoms with Gasteiger partial charge < -0.3 is 10.4 Å². The van der Waals surface area contributed by atoms with Crippen molar-refractivity contribution < 1.29 is 14.7 Å². The average molecular weight is 333 g/mol. The molecule has 0 radical (unpaired) electrons. The highest BCUT2D eigenvalue weighted by Gasteiger charge is 2.38. The van der Waals surface area contributed by atoms with E-state index in [2.05, 4.69) is 17.5 Å². The minimum absolute atomic E-state index is 0.0766. The normalized spacial score (nSPS) is 23.5. The van der Waals surface area contributed by atoms with E-state index in [1.54, 1.807) is 19.1 Å². The molecule has 126 valence electrons. The average Bonchev–Trinajstić information content (AvgIpc) is 3.10. The third-order valence-corrected chi connectivity index (χ3v) is 5.29. The molecular formula is C21H19NO3. The first-order chi connectivity index (χ1) is 12.0. The molecule has 0 spiro atoms. The fourth-order valence-corrected chi connectivity index (χ4v) is 3.98. The van der Waals surface area contributed by atoms with Crippen molar-refractivity contribution in [3.63, 3.8) is 0 Å². The van der Waals surface area contributed by atoms with Crippen LogP contribution in [-0.4, -0.2) is 16.9 Å². The molecule has 0 bridgehead atoms. The van der Waals surface area contributed by atoms with Crippen LogP contribution < -0.4 is 5.32 Å². The molecule has 2 aromatic rings. The van der Waals surface area contributed by atoms with Crippen molar-refractivity contribution in [2.24, 2.45) is 5.92 Å². The molecule has 2 N–H and O–H groups in total. The Labute approximate surface area is 146 Å². The highest BCUT2D eigenvalue weighted by atomic mass is 16.4. The number of carboxylic acid groups (broad SMARTS) is 1. The number of hydrogen-bond acceptors (Lipinski definition) is 3. The number of fused-ring (bicyclic) bond motifs is 3. The second kappa shape index (κ2) is 5.88. The first kappa shape index (κ1) is 15.6. The van der Waals surface area contributed by atoms with Crippen molar-refractivity contribution in [1.82, 2.24) is 0 Å². The summed E-state index contributed by atoms with van der Waals surface area (Å²) >= 11 is 0. The standard InChI is InChI=1S/C21H19NO3/c1-12(23)15-9-10-19-18(11-15)16-3-2-4-17(16)20(22-19)13-5-7-14(8-6-13)21(24)25/h2-3,5-11,16-17,20,22H,4H2,1H3,(H,24,25)/t16-,17-,20-/m1/s1. The molecule has 1 heterocycles. The van der Waals surface area contributed by atoms with E-state index in [4.69, 9.17) is 5.11 Å². The second-order valence-corrected chi connectivity index (χ2v) is 6.76. The van der Waals surface area contributed by atoms with Crippen LogP contribution in [0.5, 0.6) is 0 Å². The first-order valence-corrected chi connectivity index (χ1v) is 8.46. The Morgan fingerprint density at radius 2 is 1.80 bits per heavy atom. The lowest BCUT2D eigenvalue weighted by Gasteiger charge is -2.37. The molecule has 0 aromatic heterocycles. The zero-order chi connectivity index (χ0) is 17.6. The number of carbonyl (C=O) groups excluding carboxylic acids is 1. The number of aromatic carboxylic acids is 1. The number of allylic oxidation sites excluding steroid dienone is 2. The highest BCUT2D eigenvalue weighted by Crippen LogP contribution is 2.49. The first-order valence-electron chi connectivity index (χ1n) is 8.46. The lowest BCUT2D eigenvalue weighted by atomic mass is 9.76. The molecule has 2 aliphatic rings. The van der Waals surface area contributed by atoms with E-state index < -0.39 is 5.97 Å². The summed E-state index contributed by atoms with van der Waals surface area (Å²) in [5.41, 5.74) is 4.34. The Balaban J connectivity index is 1.72. The van der Waals surface area contributed by atoms with Crippen LogP contribution in [0.4, 0.5) is 5.69 Å². The summed E-state index contributed by atoms with van der Waals surface area (Å²) in [6.07, 6.45) is 5.39. The van der Waals surface area contributed by atoms with E-state index >= 15 is 0 Å². The van der Waals surface area contributed by atoms with Crippen molar-refractivity contribution in [1.29, 1.82) is 0 Å². The number of rotatable bonds is 3. The van der Waals surface area contributed by atoms with E-state index in [0.717, 1.165) is 23.2 Å². The minimum atomic E-state index is -0.911. The number of carbonyl (C=O) groups is 2. The predicted molar refractivity (Wildman–Crippen MR) is 96.2 cm³/mol. The molecule has 0 unspecified atom stereocenters. The van der Waals surface area contributed by atoms with Crippen LogP contribution in [0.1, 0.15) is 57.1 Å². The highest BCUT2D eigenvalue weighted by molar-refractivity contribution is 5.95. The monoisotopic (exact) mass is 333 g/mol. The molecule has 0 fully saturated rings. The Morgan fingerprint density at radius 3 is 2.48 bits per heavy atom. The Kier molecular flexibility index (Phi) is 3.68. The summed E-state index contributed by atoms with van der Waals surface area (Å²) in [6.45, 7) is 1.59.